The van der Waals surface area contributed by atoms with E-state index in [1.165, 1.54) is 0 Å². The number of hydrogen-bond acceptors (Lipinski definition) is 4. The Morgan fingerprint density at radius 1 is 1.45 bits per heavy atom. The maximum atomic E-state index is 12.3. The third-order valence-electron chi connectivity index (χ3n) is 3.59. The fraction of sp³-hybridized carbons (Fsp3) is 0.500. The van der Waals surface area contributed by atoms with Gasteiger partial charge in [0.25, 0.3) is 5.91 Å². The molecule has 0 aliphatic carbocycles. The molecule has 22 heavy (non-hydrogen) atoms. The summed E-state index contributed by atoms with van der Waals surface area (Å²) in [7, 11) is 4.01. The summed E-state index contributed by atoms with van der Waals surface area (Å²) in [4.78, 5) is 19.8. The molecule has 1 heterocycles. The first-order chi connectivity index (χ1) is 10.4. The first-order valence-corrected chi connectivity index (χ1v) is 7.73. The van der Waals surface area contributed by atoms with Gasteiger partial charge in [-0.05, 0) is 40.1 Å². The van der Waals surface area contributed by atoms with E-state index < -0.39 is 5.60 Å². The van der Waals surface area contributed by atoms with E-state index in [1.54, 1.807) is 13.0 Å². The van der Waals surface area contributed by atoms with E-state index in [-0.39, 0.29) is 5.91 Å². The monoisotopic (exact) mass is 323 g/mol. The normalized spacial score (nSPS) is 20.7. The minimum Gasteiger partial charge on any atom is -0.379 e. The van der Waals surface area contributed by atoms with Crippen molar-refractivity contribution in [1.29, 1.82) is 0 Å². The van der Waals surface area contributed by atoms with Crippen LogP contribution in [-0.4, -0.2) is 49.3 Å². The number of halogens is 1. The summed E-state index contributed by atoms with van der Waals surface area (Å²) in [6.07, 6.45) is 1.31. The number of rotatable bonds is 6. The minimum atomic E-state index is -0.966. The summed E-state index contributed by atoms with van der Waals surface area (Å²) in [5.41, 5.74) is 0.553. The predicted octanol–water partition coefficient (Wildman–Crippen LogP) is 2.29. The second kappa shape index (κ2) is 7.11. The molecule has 0 saturated carbocycles. The Morgan fingerprint density at radius 3 is 2.86 bits per heavy atom. The molecule has 1 unspecified atom stereocenters. The molecule has 0 aromatic heterocycles. The fourth-order valence-electron chi connectivity index (χ4n) is 2.29. The van der Waals surface area contributed by atoms with Crippen molar-refractivity contribution in [3.63, 3.8) is 0 Å². The van der Waals surface area contributed by atoms with Crippen LogP contribution in [0.5, 0.6) is 0 Å². The van der Waals surface area contributed by atoms with Gasteiger partial charge >= 0.3 is 0 Å². The molecule has 1 atom stereocenters. The van der Waals surface area contributed by atoms with E-state index in [2.05, 4.69) is 15.4 Å². The number of amides is 1. The number of nitrogens with zero attached hydrogens (tertiary/aromatic N) is 2. The van der Waals surface area contributed by atoms with Crippen molar-refractivity contribution in [1.82, 2.24) is 10.2 Å². The van der Waals surface area contributed by atoms with E-state index in [0.29, 0.717) is 23.7 Å². The van der Waals surface area contributed by atoms with Crippen molar-refractivity contribution >= 4 is 23.2 Å². The summed E-state index contributed by atoms with van der Waals surface area (Å²) in [5, 5.41) is 7.58. The summed E-state index contributed by atoms with van der Waals surface area (Å²) in [6, 6.07) is 7.43. The van der Waals surface area contributed by atoms with E-state index in [9.17, 15) is 4.79 Å². The van der Waals surface area contributed by atoms with Crippen molar-refractivity contribution in [3.05, 3.63) is 34.9 Å². The largest absolute Gasteiger partial charge is 0.379 e. The lowest BCUT2D eigenvalue weighted by atomic mass is 9.95. The molecule has 1 amide bonds. The molecule has 6 heteroatoms. The van der Waals surface area contributed by atoms with Crippen molar-refractivity contribution in [2.45, 2.75) is 25.4 Å². The van der Waals surface area contributed by atoms with Crippen molar-refractivity contribution in [3.8, 4) is 0 Å². The zero-order valence-corrected chi connectivity index (χ0v) is 14.0. The highest BCUT2D eigenvalue weighted by Crippen LogP contribution is 2.29. The molecule has 2 rings (SSSR count). The summed E-state index contributed by atoms with van der Waals surface area (Å²) < 4.78 is 0. The molecular formula is C16H22ClN3O2. The van der Waals surface area contributed by atoms with E-state index in [4.69, 9.17) is 16.4 Å². The molecule has 1 aliphatic heterocycles. The molecule has 1 aromatic carbocycles. The van der Waals surface area contributed by atoms with Crippen LogP contribution in [0.15, 0.2) is 29.4 Å². The number of nitrogens with one attached hydrogen (secondary N) is 1. The Labute approximate surface area is 136 Å². The van der Waals surface area contributed by atoms with E-state index in [1.807, 2.05) is 32.3 Å². The Kier molecular flexibility index (Phi) is 5.42. The number of oxime groups is 1. The summed E-state index contributed by atoms with van der Waals surface area (Å²) in [6.45, 7) is 3.30. The van der Waals surface area contributed by atoms with Crippen molar-refractivity contribution in [2.75, 3.05) is 27.2 Å². The topological polar surface area (TPSA) is 53.9 Å². The highest BCUT2D eigenvalue weighted by molar-refractivity contribution is 6.34. The molecule has 0 bridgehead atoms. The molecule has 0 fully saturated rings. The van der Waals surface area contributed by atoms with Crippen molar-refractivity contribution in [2.24, 2.45) is 5.16 Å². The quantitative estimate of drug-likeness (QED) is 0.817. The van der Waals surface area contributed by atoms with Crippen LogP contribution in [-0.2, 0) is 9.63 Å². The number of benzene rings is 1. The Hall–Kier alpha value is -1.59. The Morgan fingerprint density at radius 2 is 2.18 bits per heavy atom. The lowest BCUT2D eigenvalue weighted by Gasteiger charge is -2.20. The fourth-order valence-corrected chi connectivity index (χ4v) is 2.53. The Bertz CT molecular complexity index is 574. The third kappa shape index (κ3) is 3.99. The molecule has 1 aromatic rings. The SMILES string of the molecule is CN(C)CCCNC(=O)C1(C)CC(c2ccccc2Cl)=NO1. The van der Waals surface area contributed by atoms with Gasteiger partial charge in [0, 0.05) is 23.6 Å². The smallest absolute Gasteiger partial charge is 0.267 e. The molecule has 0 saturated heterocycles. The van der Waals surface area contributed by atoms with Crippen LogP contribution in [0.3, 0.4) is 0 Å². The van der Waals surface area contributed by atoms with Gasteiger partial charge in [-0.25, -0.2) is 0 Å². The number of hydrogen-bond donors (Lipinski definition) is 1. The highest BCUT2D eigenvalue weighted by atomic mass is 35.5. The third-order valence-corrected chi connectivity index (χ3v) is 3.92. The van der Waals surface area contributed by atoms with Gasteiger partial charge < -0.3 is 15.1 Å². The Balaban J connectivity index is 1.91. The van der Waals surface area contributed by atoms with Gasteiger partial charge in [0.2, 0.25) is 5.60 Å². The number of carbonyl (C=O) groups excluding carboxylic acids is 1. The maximum Gasteiger partial charge on any atom is 0.267 e. The van der Waals surface area contributed by atoms with Gasteiger partial charge in [-0.1, -0.05) is 35.0 Å². The van der Waals surface area contributed by atoms with Crippen LogP contribution < -0.4 is 5.32 Å². The highest BCUT2D eigenvalue weighted by Gasteiger charge is 2.42. The second-order valence-electron chi connectivity index (χ2n) is 5.93. The average Bonchev–Trinajstić information content (AvgIpc) is 2.87. The zero-order chi connectivity index (χ0) is 16.2. The van der Waals surface area contributed by atoms with Crippen LogP contribution >= 0.6 is 11.6 Å². The van der Waals surface area contributed by atoms with Gasteiger partial charge in [-0.2, -0.15) is 0 Å². The maximum absolute atomic E-state index is 12.3. The molecule has 1 N–H and O–H groups in total. The molecular weight excluding hydrogens is 302 g/mol. The molecule has 1 aliphatic rings. The summed E-state index contributed by atoms with van der Waals surface area (Å²) >= 11 is 6.17. The average molecular weight is 324 g/mol. The van der Waals surface area contributed by atoms with Crippen LogP contribution in [0, 0.1) is 0 Å². The molecule has 120 valence electrons. The molecule has 0 spiro atoms. The molecule has 5 nitrogen and oxygen atoms in total. The first-order valence-electron chi connectivity index (χ1n) is 7.35. The molecule has 0 radical (unpaired) electrons. The second-order valence-corrected chi connectivity index (χ2v) is 6.34. The zero-order valence-electron chi connectivity index (χ0n) is 13.2. The van der Waals surface area contributed by atoms with E-state index in [0.717, 1.165) is 18.5 Å². The van der Waals surface area contributed by atoms with Crippen molar-refractivity contribution < 1.29 is 9.63 Å². The predicted molar refractivity (Wildman–Crippen MR) is 88.3 cm³/mol. The van der Waals surface area contributed by atoms with Crippen LogP contribution in [0.2, 0.25) is 5.02 Å². The minimum absolute atomic E-state index is 0.142. The summed E-state index contributed by atoms with van der Waals surface area (Å²) in [5.74, 6) is -0.142. The lowest BCUT2D eigenvalue weighted by molar-refractivity contribution is -0.141. The van der Waals surface area contributed by atoms with Gasteiger partial charge in [0.15, 0.2) is 0 Å². The van der Waals surface area contributed by atoms with Gasteiger partial charge in [0.1, 0.15) is 0 Å². The van der Waals surface area contributed by atoms with Gasteiger partial charge in [0.05, 0.1) is 5.71 Å². The first kappa shape index (κ1) is 16.8. The van der Waals surface area contributed by atoms with E-state index >= 15 is 0 Å². The van der Waals surface area contributed by atoms with Crippen LogP contribution in [0.4, 0.5) is 0 Å². The lowest BCUT2D eigenvalue weighted by Crippen LogP contribution is -2.45. The van der Waals surface area contributed by atoms with Gasteiger partial charge in [-0.3, -0.25) is 4.79 Å². The van der Waals surface area contributed by atoms with Crippen LogP contribution in [0.1, 0.15) is 25.3 Å². The standard InChI is InChI=1S/C16H22ClN3O2/c1-16(15(21)18-9-6-10-20(2)3)11-14(19-22-16)12-7-4-5-8-13(12)17/h4-5,7-8H,6,9-11H2,1-3H3,(H,18,21). The van der Waals surface area contributed by atoms with Gasteiger partial charge in [-0.15, -0.1) is 0 Å². The van der Waals surface area contributed by atoms with Crippen LogP contribution in [0.25, 0.3) is 0 Å². The number of carbonyl (C=O) groups is 1.